The lowest BCUT2D eigenvalue weighted by molar-refractivity contribution is -0.133. The van der Waals surface area contributed by atoms with Gasteiger partial charge >= 0.3 is 0 Å². The van der Waals surface area contributed by atoms with Crippen LogP contribution in [0.2, 0.25) is 0 Å². The molecular weight excluding hydrogens is 264 g/mol. The number of hydrogen-bond donors (Lipinski definition) is 3. The summed E-state index contributed by atoms with van der Waals surface area (Å²) in [7, 11) is 1.70. The normalized spacial score (nSPS) is 19.3. The topological polar surface area (TPSA) is 60.2 Å². The number of H-pyrrole nitrogens is 1. The zero-order valence-electron chi connectivity index (χ0n) is 12.6. The Morgan fingerprint density at radius 2 is 2.05 bits per heavy atom. The molecule has 1 fully saturated rings. The van der Waals surface area contributed by atoms with E-state index < -0.39 is 5.54 Å². The van der Waals surface area contributed by atoms with Gasteiger partial charge in [0.15, 0.2) is 0 Å². The number of nitrogens with zero attached hydrogens (tertiary/aromatic N) is 1. The SMILES string of the molecule is CNC(=O)C(C)(c1ccc2cc[nH]c2c1)N1CCNCC1. The number of fused-ring (bicyclic) bond motifs is 1. The van der Waals surface area contributed by atoms with Gasteiger partial charge in [0.2, 0.25) is 5.91 Å². The molecule has 112 valence electrons. The van der Waals surface area contributed by atoms with E-state index in [2.05, 4.69) is 38.7 Å². The third-order valence-corrected chi connectivity index (χ3v) is 4.54. The number of amides is 1. The molecule has 1 amide bonds. The quantitative estimate of drug-likeness (QED) is 0.790. The molecule has 1 saturated heterocycles. The molecule has 1 atom stereocenters. The van der Waals surface area contributed by atoms with E-state index in [1.165, 1.54) is 5.39 Å². The van der Waals surface area contributed by atoms with Gasteiger partial charge in [-0.2, -0.15) is 0 Å². The highest BCUT2D eigenvalue weighted by molar-refractivity contribution is 5.89. The van der Waals surface area contributed by atoms with E-state index in [4.69, 9.17) is 0 Å². The maximum Gasteiger partial charge on any atom is 0.244 e. The average molecular weight is 286 g/mol. The summed E-state index contributed by atoms with van der Waals surface area (Å²) in [6.07, 6.45) is 1.93. The number of carbonyl (C=O) groups excluding carboxylic acids is 1. The van der Waals surface area contributed by atoms with Crippen LogP contribution in [0.25, 0.3) is 10.9 Å². The molecule has 2 heterocycles. The molecule has 2 aromatic rings. The average Bonchev–Trinajstić information content (AvgIpc) is 3.01. The molecule has 1 aromatic carbocycles. The molecule has 1 aliphatic heterocycles. The van der Waals surface area contributed by atoms with Gasteiger partial charge in [-0.05, 0) is 30.0 Å². The van der Waals surface area contributed by atoms with Crippen molar-refractivity contribution in [3.8, 4) is 0 Å². The molecule has 3 N–H and O–H groups in total. The fraction of sp³-hybridized carbons (Fsp3) is 0.438. The van der Waals surface area contributed by atoms with Crippen molar-refractivity contribution in [2.45, 2.75) is 12.5 Å². The van der Waals surface area contributed by atoms with Crippen LogP contribution in [-0.4, -0.2) is 49.0 Å². The van der Waals surface area contributed by atoms with Gasteiger partial charge in [0.05, 0.1) is 0 Å². The number of aromatic nitrogens is 1. The van der Waals surface area contributed by atoms with Gasteiger partial charge in [0, 0.05) is 44.9 Å². The van der Waals surface area contributed by atoms with Crippen molar-refractivity contribution in [3.63, 3.8) is 0 Å². The van der Waals surface area contributed by atoms with Gasteiger partial charge in [0.25, 0.3) is 0 Å². The maximum atomic E-state index is 12.6. The highest BCUT2D eigenvalue weighted by Gasteiger charge is 2.41. The first-order valence-electron chi connectivity index (χ1n) is 7.42. The first kappa shape index (κ1) is 14.1. The molecule has 0 bridgehead atoms. The minimum Gasteiger partial charge on any atom is -0.361 e. The van der Waals surface area contributed by atoms with E-state index in [0.29, 0.717) is 0 Å². The standard InChI is InChI=1S/C16H22N4O/c1-16(15(21)17-2,20-9-7-18-8-10-20)13-4-3-12-5-6-19-14(12)11-13/h3-6,11,18-19H,7-10H2,1-2H3,(H,17,21). The molecular formula is C16H22N4O. The van der Waals surface area contributed by atoms with Crippen LogP contribution in [0.3, 0.4) is 0 Å². The number of piperazine rings is 1. The number of hydrogen-bond acceptors (Lipinski definition) is 3. The van der Waals surface area contributed by atoms with E-state index in [0.717, 1.165) is 37.3 Å². The molecule has 21 heavy (non-hydrogen) atoms. The Kier molecular flexibility index (Phi) is 3.69. The van der Waals surface area contributed by atoms with E-state index in [1.54, 1.807) is 7.05 Å². The summed E-state index contributed by atoms with van der Waals surface area (Å²) in [6.45, 7) is 5.58. The monoisotopic (exact) mass is 286 g/mol. The smallest absolute Gasteiger partial charge is 0.244 e. The van der Waals surface area contributed by atoms with Crippen molar-refractivity contribution in [3.05, 3.63) is 36.0 Å². The van der Waals surface area contributed by atoms with Gasteiger partial charge in [-0.15, -0.1) is 0 Å². The highest BCUT2D eigenvalue weighted by Crippen LogP contribution is 2.31. The number of aromatic amines is 1. The number of rotatable bonds is 3. The molecule has 1 aromatic heterocycles. The molecule has 0 aliphatic carbocycles. The predicted molar refractivity (Wildman–Crippen MR) is 84.2 cm³/mol. The Bertz CT molecular complexity index is 645. The molecule has 0 radical (unpaired) electrons. The molecule has 0 saturated carbocycles. The van der Waals surface area contributed by atoms with Crippen molar-refractivity contribution < 1.29 is 4.79 Å². The van der Waals surface area contributed by atoms with Gasteiger partial charge in [-0.1, -0.05) is 12.1 Å². The fourth-order valence-electron chi connectivity index (χ4n) is 3.16. The number of likely N-dealkylation sites (N-methyl/N-ethyl adjacent to an activating group) is 1. The first-order chi connectivity index (χ1) is 10.2. The third kappa shape index (κ3) is 2.32. The number of nitrogens with one attached hydrogen (secondary N) is 3. The lowest BCUT2D eigenvalue weighted by atomic mass is 9.87. The molecule has 5 nitrogen and oxygen atoms in total. The largest absolute Gasteiger partial charge is 0.361 e. The Hall–Kier alpha value is -1.85. The zero-order valence-corrected chi connectivity index (χ0v) is 12.6. The molecule has 5 heteroatoms. The van der Waals surface area contributed by atoms with Crippen LogP contribution in [0.15, 0.2) is 30.5 Å². The minimum absolute atomic E-state index is 0.0373. The minimum atomic E-state index is -0.643. The van der Waals surface area contributed by atoms with Gasteiger partial charge in [0.1, 0.15) is 5.54 Å². The van der Waals surface area contributed by atoms with Crippen molar-refractivity contribution in [1.82, 2.24) is 20.5 Å². The van der Waals surface area contributed by atoms with E-state index in [-0.39, 0.29) is 5.91 Å². The molecule has 1 unspecified atom stereocenters. The van der Waals surface area contributed by atoms with Gasteiger partial charge in [-0.25, -0.2) is 0 Å². The van der Waals surface area contributed by atoms with E-state index in [1.807, 2.05) is 19.2 Å². The Morgan fingerprint density at radius 3 is 2.76 bits per heavy atom. The van der Waals surface area contributed by atoms with Crippen LogP contribution >= 0.6 is 0 Å². The van der Waals surface area contributed by atoms with Crippen molar-refractivity contribution in [2.75, 3.05) is 33.2 Å². The Balaban J connectivity index is 2.06. The summed E-state index contributed by atoms with van der Waals surface area (Å²) in [5.41, 5.74) is 1.45. The lowest BCUT2D eigenvalue weighted by Crippen LogP contribution is -2.59. The van der Waals surface area contributed by atoms with Crippen LogP contribution in [0.1, 0.15) is 12.5 Å². The Morgan fingerprint density at radius 1 is 1.29 bits per heavy atom. The molecule has 1 aliphatic rings. The molecule has 3 rings (SSSR count). The second kappa shape index (κ2) is 5.50. The van der Waals surface area contributed by atoms with Crippen LogP contribution in [0.5, 0.6) is 0 Å². The van der Waals surface area contributed by atoms with Gasteiger partial charge < -0.3 is 15.6 Å². The van der Waals surface area contributed by atoms with E-state index >= 15 is 0 Å². The second-order valence-electron chi connectivity index (χ2n) is 5.67. The number of carbonyl (C=O) groups is 1. The summed E-state index contributed by atoms with van der Waals surface area (Å²) in [6, 6.07) is 8.27. The molecule has 0 spiro atoms. The van der Waals surface area contributed by atoms with E-state index in [9.17, 15) is 4.79 Å². The fourth-order valence-corrected chi connectivity index (χ4v) is 3.16. The highest BCUT2D eigenvalue weighted by atomic mass is 16.2. The van der Waals surface area contributed by atoms with Crippen molar-refractivity contribution in [1.29, 1.82) is 0 Å². The zero-order chi connectivity index (χ0) is 14.9. The summed E-state index contributed by atoms with van der Waals surface area (Å²) in [4.78, 5) is 18.1. The van der Waals surface area contributed by atoms with Crippen LogP contribution in [0, 0.1) is 0 Å². The third-order valence-electron chi connectivity index (χ3n) is 4.54. The van der Waals surface area contributed by atoms with Crippen LogP contribution in [-0.2, 0) is 10.3 Å². The lowest BCUT2D eigenvalue weighted by Gasteiger charge is -2.42. The Labute approximate surface area is 124 Å². The summed E-state index contributed by atoms with van der Waals surface area (Å²) in [5, 5.41) is 7.34. The van der Waals surface area contributed by atoms with Crippen molar-refractivity contribution in [2.24, 2.45) is 0 Å². The number of benzene rings is 1. The van der Waals surface area contributed by atoms with Crippen molar-refractivity contribution >= 4 is 16.8 Å². The maximum absolute atomic E-state index is 12.6. The predicted octanol–water partition coefficient (Wildman–Crippen LogP) is 1.03. The van der Waals surface area contributed by atoms with Crippen LogP contribution in [0.4, 0.5) is 0 Å². The summed E-state index contributed by atoms with van der Waals surface area (Å²) in [5.74, 6) is 0.0373. The second-order valence-corrected chi connectivity index (χ2v) is 5.67. The first-order valence-corrected chi connectivity index (χ1v) is 7.42. The van der Waals surface area contributed by atoms with Gasteiger partial charge in [-0.3, -0.25) is 9.69 Å². The van der Waals surface area contributed by atoms with Crippen LogP contribution < -0.4 is 10.6 Å². The summed E-state index contributed by atoms with van der Waals surface area (Å²) >= 11 is 0. The summed E-state index contributed by atoms with van der Waals surface area (Å²) < 4.78 is 0.